The zero-order valence-corrected chi connectivity index (χ0v) is 10.9. The molecule has 0 fully saturated rings. The molecule has 0 bridgehead atoms. The molecule has 0 unspecified atom stereocenters. The fourth-order valence-electron chi connectivity index (χ4n) is 1.75. The van der Waals surface area contributed by atoms with Crippen LogP contribution in [0.1, 0.15) is 0 Å². The normalized spacial score (nSPS) is 10.2. The Hall–Kier alpha value is -1.10. The van der Waals surface area contributed by atoms with Gasteiger partial charge >= 0.3 is 108 Å². The second kappa shape index (κ2) is 4.82. The van der Waals surface area contributed by atoms with Crippen molar-refractivity contribution in [2.45, 2.75) is 0 Å². The van der Waals surface area contributed by atoms with Crippen LogP contribution in [0, 0.1) is 0 Å². The first-order valence-corrected chi connectivity index (χ1v) is 5.96. The number of rotatable bonds is 2. The molecule has 1 nitrogen and oxygen atoms in total. The third kappa shape index (κ3) is 2.19. The van der Waals surface area contributed by atoms with Crippen molar-refractivity contribution in [3.63, 3.8) is 0 Å². The summed E-state index contributed by atoms with van der Waals surface area (Å²) in [6.07, 6.45) is 0. The van der Waals surface area contributed by atoms with E-state index in [1.165, 1.54) is 20.9 Å². The summed E-state index contributed by atoms with van der Waals surface area (Å²) in [6, 6.07) is 16.8. The number of anilines is 1. The van der Waals surface area contributed by atoms with Crippen LogP contribution < -0.4 is 8.94 Å². The van der Waals surface area contributed by atoms with Gasteiger partial charge in [0.05, 0.1) is 0 Å². The quantitative estimate of drug-likeness (QED) is 0.771. The first-order chi connectivity index (χ1) is 7.70. The van der Waals surface area contributed by atoms with Crippen LogP contribution in [-0.2, 0) is 19.2 Å². The van der Waals surface area contributed by atoms with Crippen LogP contribution >= 0.6 is 0 Å². The first kappa shape index (κ1) is 11.4. The van der Waals surface area contributed by atoms with Gasteiger partial charge in [-0.3, -0.25) is 0 Å². The molecule has 2 aromatic carbocycles. The molecule has 0 radical (unpaired) electrons. The molecule has 0 N–H and O–H groups in total. The first-order valence-electron chi connectivity index (χ1n) is 5.18. The van der Waals surface area contributed by atoms with Crippen LogP contribution in [0.3, 0.4) is 0 Å². The van der Waals surface area contributed by atoms with Gasteiger partial charge < -0.3 is 0 Å². The van der Waals surface area contributed by atoms with E-state index in [1.807, 2.05) is 6.07 Å². The van der Waals surface area contributed by atoms with Crippen molar-refractivity contribution in [1.29, 1.82) is 0 Å². The van der Waals surface area contributed by atoms with E-state index in [0.717, 1.165) is 0 Å². The Morgan fingerprint density at radius 2 is 1.38 bits per heavy atom. The Balaban J connectivity index is 2.60. The molecule has 0 aromatic heterocycles. The van der Waals surface area contributed by atoms with Crippen molar-refractivity contribution in [2.24, 2.45) is 0 Å². The molecule has 0 atom stereocenters. The fourth-order valence-corrected chi connectivity index (χ4v) is 2.24. The van der Waals surface area contributed by atoms with Crippen molar-refractivity contribution in [1.82, 2.24) is 0 Å². The summed E-state index contributed by atoms with van der Waals surface area (Å²) >= 11 is 3.31. The van der Waals surface area contributed by atoms with Gasteiger partial charge in [-0.25, -0.2) is 0 Å². The molecule has 0 aliphatic carbocycles. The average molecular weight is 303 g/mol. The molecule has 0 amide bonds. The Bertz CT molecular complexity index is 492. The molecule has 2 rings (SSSR count). The molecule has 0 spiro atoms. The van der Waals surface area contributed by atoms with Crippen LogP contribution in [0.4, 0.5) is 5.69 Å². The maximum atomic E-state index is 3.31. The fraction of sp³-hybridized carbons (Fsp3) is 0.143. The van der Waals surface area contributed by atoms with Gasteiger partial charge in [0.2, 0.25) is 0 Å². The second-order valence-electron chi connectivity index (χ2n) is 3.86. The van der Waals surface area contributed by atoms with Crippen molar-refractivity contribution in [3.05, 3.63) is 48.5 Å². The van der Waals surface area contributed by atoms with Crippen molar-refractivity contribution in [3.8, 4) is 11.1 Å². The van der Waals surface area contributed by atoms with Gasteiger partial charge in [-0.15, -0.1) is 0 Å². The van der Waals surface area contributed by atoms with Crippen molar-refractivity contribution >= 4 is 9.72 Å². The van der Waals surface area contributed by atoms with Gasteiger partial charge in [0, 0.05) is 0 Å². The molecule has 85 valence electrons. The van der Waals surface area contributed by atoms with E-state index >= 15 is 0 Å². The molecule has 0 saturated carbocycles. The summed E-state index contributed by atoms with van der Waals surface area (Å²) < 4.78 is 1.17. The third-order valence-electron chi connectivity index (χ3n) is 2.52. The average Bonchev–Trinajstić information content (AvgIpc) is 2.29. The second-order valence-corrected chi connectivity index (χ2v) is 4.70. The predicted octanol–water partition coefficient (Wildman–Crippen LogP) is 2.59. The third-order valence-corrected chi connectivity index (χ3v) is 3.20. The summed E-state index contributed by atoms with van der Waals surface area (Å²) in [5, 5.41) is 0. The summed E-state index contributed by atoms with van der Waals surface area (Å²) in [6.45, 7) is 0. The molecule has 2 heteroatoms. The molecule has 0 aliphatic rings. The van der Waals surface area contributed by atoms with Crippen LogP contribution in [-0.4, -0.2) is 14.1 Å². The van der Waals surface area contributed by atoms with E-state index in [2.05, 4.69) is 80.7 Å². The minimum atomic E-state index is 1.17. The molecule has 0 aliphatic heterocycles. The number of hydrogen-bond donors (Lipinski definition) is 0. The summed E-state index contributed by atoms with van der Waals surface area (Å²) in [4.78, 5) is 2.14. The summed E-state index contributed by atoms with van der Waals surface area (Å²) in [7, 11) is 4.14. The maximum absolute atomic E-state index is 3.31. The van der Waals surface area contributed by atoms with E-state index in [4.69, 9.17) is 0 Å². The predicted molar refractivity (Wildman–Crippen MR) is 65.8 cm³/mol. The van der Waals surface area contributed by atoms with Crippen LogP contribution in [0.5, 0.6) is 0 Å². The van der Waals surface area contributed by atoms with E-state index in [-0.39, 0.29) is 0 Å². The van der Waals surface area contributed by atoms with Crippen molar-refractivity contribution < 1.29 is 19.2 Å². The van der Waals surface area contributed by atoms with E-state index in [9.17, 15) is 0 Å². The Kier molecular flexibility index (Phi) is 3.43. The molecule has 2 aromatic rings. The molecule has 0 saturated heterocycles. The Morgan fingerprint density at radius 1 is 0.812 bits per heavy atom. The van der Waals surface area contributed by atoms with Crippen LogP contribution in [0.15, 0.2) is 48.5 Å². The Labute approximate surface area is 108 Å². The van der Waals surface area contributed by atoms with Gasteiger partial charge in [-0.05, 0) is 0 Å². The Morgan fingerprint density at radius 3 is 2.00 bits per heavy atom. The van der Waals surface area contributed by atoms with Gasteiger partial charge in [0.1, 0.15) is 0 Å². The van der Waals surface area contributed by atoms with Gasteiger partial charge in [0.15, 0.2) is 0 Å². The number of hydrogen-bond acceptors (Lipinski definition) is 1. The van der Waals surface area contributed by atoms with Gasteiger partial charge in [-0.1, -0.05) is 0 Å². The monoisotopic (exact) mass is 302 g/mol. The number of nitrogens with zero attached hydrogens (tertiary/aromatic N) is 1. The zero-order chi connectivity index (χ0) is 11.5. The molecular weight excluding hydrogens is 289 g/mol. The van der Waals surface area contributed by atoms with E-state index in [0.29, 0.717) is 0 Å². The SMILES string of the molecule is CN(C)c1ccccc1-c1cccc[c]1[Pd]. The van der Waals surface area contributed by atoms with Crippen molar-refractivity contribution in [2.75, 3.05) is 19.0 Å². The van der Waals surface area contributed by atoms with E-state index in [1.54, 1.807) is 0 Å². The van der Waals surface area contributed by atoms with Gasteiger partial charge in [0.25, 0.3) is 0 Å². The molecule has 16 heavy (non-hydrogen) atoms. The number of benzene rings is 2. The summed E-state index contributed by atoms with van der Waals surface area (Å²) in [5.41, 5.74) is 3.74. The van der Waals surface area contributed by atoms with Gasteiger partial charge in [-0.2, -0.15) is 0 Å². The van der Waals surface area contributed by atoms with Crippen LogP contribution in [0.2, 0.25) is 0 Å². The van der Waals surface area contributed by atoms with E-state index < -0.39 is 0 Å². The molecular formula is C14H14NPd. The zero-order valence-electron chi connectivity index (χ0n) is 9.38. The molecule has 0 heterocycles. The van der Waals surface area contributed by atoms with Crippen LogP contribution in [0.25, 0.3) is 11.1 Å². The number of para-hydroxylation sites is 1. The topological polar surface area (TPSA) is 3.24 Å². The summed E-state index contributed by atoms with van der Waals surface area (Å²) in [5.74, 6) is 0. The minimum absolute atomic E-state index is 1.17. The standard InChI is InChI=1S/C14H14N.Pd/c1-15(2)14-11-7-6-10-13(14)12-8-4-3-5-9-12;/h3-8,10-11H,1-2H3;.